The van der Waals surface area contributed by atoms with Crippen molar-refractivity contribution in [3.05, 3.63) is 10.1 Å². The number of hydrogen-bond donors (Lipinski definition) is 1. The van der Waals surface area contributed by atoms with E-state index in [2.05, 4.69) is 10.2 Å². The minimum atomic E-state index is -0.836. The molecule has 0 aromatic heterocycles. The number of unbranched alkanes of at least 4 members (excludes halogenated alkanes) is 1. The first-order valence-corrected chi connectivity index (χ1v) is 5.34. The molecule has 0 aliphatic carbocycles. The lowest BCUT2D eigenvalue weighted by atomic mass is 10.2. The largest absolute Gasteiger partial charge is 0.465 e. The second-order valence-electron chi connectivity index (χ2n) is 3.67. The highest BCUT2D eigenvalue weighted by Crippen LogP contribution is 2.11. The van der Waals surface area contributed by atoms with E-state index in [-0.39, 0.29) is 24.8 Å². The minimum absolute atomic E-state index is 0. The van der Waals surface area contributed by atoms with Gasteiger partial charge in [-0.05, 0) is 6.42 Å². The van der Waals surface area contributed by atoms with Gasteiger partial charge in [0.2, 0.25) is 0 Å². The zero-order valence-electron chi connectivity index (χ0n) is 9.59. The summed E-state index contributed by atoms with van der Waals surface area (Å²) in [4.78, 5) is 25.9. The van der Waals surface area contributed by atoms with Crippen LogP contribution in [-0.2, 0) is 14.4 Å². The zero-order valence-corrected chi connectivity index (χ0v) is 10.4. The molecule has 0 spiro atoms. The predicted octanol–water partition coefficient (Wildman–Crippen LogP) is 0.690. The second-order valence-corrected chi connectivity index (χ2v) is 3.67. The summed E-state index contributed by atoms with van der Waals surface area (Å²) < 4.78 is 4.99. The SMILES string of the molecule is CCCCOC(=O)C1CC(O[N+](=O)[O-])CN1.Cl. The number of ether oxygens (including phenoxy) is 1. The molecule has 7 nitrogen and oxygen atoms in total. The average molecular weight is 269 g/mol. The van der Waals surface area contributed by atoms with Crippen LogP contribution in [0.15, 0.2) is 0 Å². The Kier molecular flexibility index (Phi) is 7.56. The third-order valence-electron chi connectivity index (χ3n) is 2.35. The fraction of sp³-hybridized carbons (Fsp3) is 0.889. The van der Waals surface area contributed by atoms with E-state index in [1.165, 1.54) is 0 Å². The molecule has 1 aliphatic heterocycles. The highest BCUT2D eigenvalue weighted by molar-refractivity contribution is 5.85. The van der Waals surface area contributed by atoms with Gasteiger partial charge in [0.1, 0.15) is 12.1 Å². The van der Waals surface area contributed by atoms with E-state index in [1.54, 1.807) is 0 Å². The molecule has 100 valence electrons. The highest BCUT2D eigenvalue weighted by atomic mass is 35.5. The van der Waals surface area contributed by atoms with Crippen LogP contribution >= 0.6 is 12.4 Å². The van der Waals surface area contributed by atoms with Crippen molar-refractivity contribution in [2.75, 3.05) is 13.2 Å². The van der Waals surface area contributed by atoms with Crippen LogP contribution in [0, 0.1) is 10.1 Å². The number of rotatable bonds is 6. The summed E-state index contributed by atoms with van der Waals surface area (Å²) in [6, 6.07) is -0.484. The molecule has 0 aromatic carbocycles. The van der Waals surface area contributed by atoms with E-state index in [0.29, 0.717) is 13.2 Å². The quantitative estimate of drug-likeness (QED) is 0.330. The van der Waals surface area contributed by atoms with Crippen LogP contribution in [0.2, 0.25) is 0 Å². The molecule has 1 N–H and O–H groups in total. The minimum Gasteiger partial charge on any atom is -0.465 e. The van der Waals surface area contributed by atoms with Gasteiger partial charge in [-0.3, -0.25) is 4.79 Å². The van der Waals surface area contributed by atoms with Crippen LogP contribution in [0.3, 0.4) is 0 Å². The van der Waals surface area contributed by atoms with Crippen molar-refractivity contribution >= 4 is 18.4 Å². The summed E-state index contributed by atoms with van der Waals surface area (Å²) in [7, 11) is 0. The molecule has 0 amide bonds. The Bertz CT molecular complexity index is 264. The maximum Gasteiger partial charge on any atom is 0.323 e. The predicted molar refractivity (Wildman–Crippen MR) is 61.4 cm³/mol. The molecule has 2 atom stereocenters. The molecule has 0 bridgehead atoms. The van der Waals surface area contributed by atoms with E-state index in [9.17, 15) is 14.9 Å². The molecule has 1 rings (SSSR count). The van der Waals surface area contributed by atoms with Crippen molar-refractivity contribution < 1.29 is 19.5 Å². The molecule has 1 saturated heterocycles. The Morgan fingerprint density at radius 3 is 2.88 bits per heavy atom. The Labute approximate surface area is 105 Å². The third-order valence-corrected chi connectivity index (χ3v) is 2.35. The van der Waals surface area contributed by atoms with Gasteiger partial charge in [-0.25, -0.2) is 0 Å². The molecule has 1 fully saturated rings. The number of esters is 1. The van der Waals surface area contributed by atoms with Crippen LogP contribution in [0.5, 0.6) is 0 Å². The molecule has 8 heteroatoms. The van der Waals surface area contributed by atoms with Crippen molar-refractivity contribution in [2.45, 2.75) is 38.3 Å². The summed E-state index contributed by atoms with van der Waals surface area (Å²) >= 11 is 0. The lowest BCUT2D eigenvalue weighted by molar-refractivity contribution is -0.767. The molecule has 0 radical (unpaired) electrons. The van der Waals surface area contributed by atoms with Crippen LogP contribution in [0.4, 0.5) is 0 Å². The number of carbonyl (C=O) groups excluding carboxylic acids is 1. The normalized spacial score (nSPS) is 22.6. The van der Waals surface area contributed by atoms with E-state index in [1.807, 2.05) is 6.92 Å². The van der Waals surface area contributed by atoms with E-state index in [0.717, 1.165) is 12.8 Å². The molecule has 1 heterocycles. The first kappa shape index (κ1) is 15.9. The van der Waals surface area contributed by atoms with Gasteiger partial charge in [0.25, 0.3) is 5.09 Å². The van der Waals surface area contributed by atoms with Crippen molar-refractivity contribution in [1.82, 2.24) is 5.32 Å². The molecule has 0 saturated carbocycles. The molecule has 2 unspecified atom stereocenters. The van der Waals surface area contributed by atoms with E-state index >= 15 is 0 Å². The smallest absolute Gasteiger partial charge is 0.323 e. The van der Waals surface area contributed by atoms with Crippen LogP contribution < -0.4 is 5.32 Å². The monoisotopic (exact) mass is 268 g/mol. The molecule has 17 heavy (non-hydrogen) atoms. The number of nitrogens with one attached hydrogen (secondary N) is 1. The molecular formula is C9H17ClN2O5. The molecular weight excluding hydrogens is 252 g/mol. The Morgan fingerprint density at radius 2 is 2.29 bits per heavy atom. The first-order chi connectivity index (χ1) is 7.63. The van der Waals surface area contributed by atoms with Crippen molar-refractivity contribution in [1.29, 1.82) is 0 Å². The third kappa shape index (κ3) is 5.69. The van der Waals surface area contributed by atoms with Crippen LogP contribution in [0.1, 0.15) is 26.2 Å². The lowest BCUT2D eigenvalue weighted by Crippen LogP contribution is -2.32. The topological polar surface area (TPSA) is 90.7 Å². The van der Waals surface area contributed by atoms with Crippen LogP contribution in [0.25, 0.3) is 0 Å². The van der Waals surface area contributed by atoms with Gasteiger partial charge in [0, 0.05) is 13.0 Å². The van der Waals surface area contributed by atoms with Crippen molar-refractivity contribution in [2.24, 2.45) is 0 Å². The maximum absolute atomic E-state index is 11.4. The van der Waals surface area contributed by atoms with E-state index in [4.69, 9.17) is 4.74 Å². The lowest BCUT2D eigenvalue weighted by Gasteiger charge is -2.09. The second kappa shape index (κ2) is 8.08. The fourth-order valence-electron chi connectivity index (χ4n) is 1.50. The summed E-state index contributed by atoms with van der Waals surface area (Å²) in [6.45, 7) is 2.70. The summed E-state index contributed by atoms with van der Waals surface area (Å²) in [6.07, 6.45) is 1.51. The first-order valence-electron chi connectivity index (χ1n) is 5.34. The standard InChI is InChI=1S/C9H16N2O5.ClH/c1-2-3-4-15-9(12)8-5-7(6-10-8)16-11(13)14;/h7-8,10H,2-6H2,1H3;1H. The van der Waals surface area contributed by atoms with Crippen molar-refractivity contribution in [3.63, 3.8) is 0 Å². The maximum atomic E-state index is 11.4. The number of nitrogens with zero attached hydrogens (tertiary/aromatic N) is 1. The fourth-order valence-corrected chi connectivity index (χ4v) is 1.50. The van der Waals surface area contributed by atoms with Crippen LogP contribution in [-0.4, -0.2) is 36.4 Å². The highest BCUT2D eigenvalue weighted by Gasteiger charge is 2.32. The van der Waals surface area contributed by atoms with Gasteiger partial charge in [-0.1, -0.05) is 13.3 Å². The van der Waals surface area contributed by atoms with Crippen molar-refractivity contribution in [3.8, 4) is 0 Å². The summed E-state index contributed by atoms with van der Waals surface area (Å²) in [5.74, 6) is -0.358. The zero-order chi connectivity index (χ0) is 12.0. The van der Waals surface area contributed by atoms with Gasteiger partial charge < -0.3 is 14.9 Å². The van der Waals surface area contributed by atoms with Gasteiger partial charge in [0.15, 0.2) is 0 Å². The average Bonchev–Trinajstić information content (AvgIpc) is 2.65. The number of carbonyl (C=O) groups is 1. The Balaban J connectivity index is 0.00000256. The molecule has 0 aromatic rings. The summed E-state index contributed by atoms with van der Waals surface area (Å²) in [5, 5.41) is 12.1. The number of hydrogen-bond acceptors (Lipinski definition) is 6. The number of halogens is 1. The van der Waals surface area contributed by atoms with Gasteiger partial charge in [-0.2, -0.15) is 0 Å². The Morgan fingerprint density at radius 1 is 1.59 bits per heavy atom. The van der Waals surface area contributed by atoms with Gasteiger partial charge in [0.05, 0.1) is 6.61 Å². The summed E-state index contributed by atoms with van der Waals surface area (Å²) in [5.41, 5.74) is 0. The van der Waals surface area contributed by atoms with Gasteiger partial charge in [-0.15, -0.1) is 22.5 Å². The van der Waals surface area contributed by atoms with Gasteiger partial charge >= 0.3 is 5.97 Å². The Hall–Kier alpha value is -1.08. The van der Waals surface area contributed by atoms with E-state index < -0.39 is 17.2 Å². The molecule has 1 aliphatic rings.